The van der Waals surface area contributed by atoms with Crippen molar-refractivity contribution in [3.8, 4) is 11.5 Å². The van der Waals surface area contributed by atoms with Crippen molar-refractivity contribution in [3.63, 3.8) is 0 Å². The molecule has 0 aliphatic rings. The molecule has 2 rings (SSSR count). The van der Waals surface area contributed by atoms with Gasteiger partial charge in [0.1, 0.15) is 0 Å². The standard InChI is InChI=1S/C13H7Br2N3O6.K/c14-9-3-7(4-10(15)13(9)19)6-16-24-12-2-1-8(17(20)21)5-11(12)18(22)23;/h1-6,19H;/q;+1/p-1. The molecule has 0 atom stereocenters. The van der Waals surface area contributed by atoms with Crippen molar-refractivity contribution in [2.75, 3.05) is 0 Å². The third kappa shape index (κ3) is 5.81. The molecule has 0 saturated carbocycles. The fourth-order valence-corrected chi connectivity index (χ4v) is 2.86. The van der Waals surface area contributed by atoms with E-state index in [4.69, 9.17) is 4.84 Å². The molecule has 0 fully saturated rings. The molecule has 0 aliphatic carbocycles. The molecule has 0 aromatic heterocycles. The van der Waals surface area contributed by atoms with E-state index in [9.17, 15) is 25.3 Å². The summed E-state index contributed by atoms with van der Waals surface area (Å²) >= 11 is 6.18. The number of nitro groups is 2. The van der Waals surface area contributed by atoms with E-state index >= 15 is 0 Å². The number of oxime groups is 1. The van der Waals surface area contributed by atoms with E-state index in [1.807, 2.05) is 0 Å². The van der Waals surface area contributed by atoms with E-state index in [0.717, 1.165) is 18.2 Å². The molecule has 25 heavy (non-hydrogen) atoms. The van der Waals surface area contributed by atoms with Gasteiger partial charge in [-0.2, -0.15) is 0 Å². The van der Waals surface area contributed by atoms with Gasteiger partial charge in [-0.1, -0.05) is 42.8 Å². The van der Waals surface area contributed by atoms with Gasteiger partial charge >= 0.3 is 57.1 Å². The van der Waals surface area contributed by atoms with E-state index in [1.54, 1.807) is 0 Å². The van der Waals surface area contributed by atoms with Gasteiger partial charge in [0.25, 0.3) is 5.69 Å². The number of rotatable bonds is 5. The van der Waals surface area contributed by atoms with Crippen LogP contribution < -0.4 is 61.3 Å². The fraction of sp³-hybridized carbons (Fsp3) is 0. The summed E-state index contributed by atoms with van der Waals surface area (Å²) in [5, 5.41) is 36.7. The molecule has 0 amide bonds. The van der Waals surface area contributed by atoms with Crippen LogP contribution in [0.5, 0.6) is 11.5 Å². The predicted molar refractivity (Wildman–Crippen MR) is 89.3 cm³/mol. The predicted octanol–water partition coefficient (Wildman–Crippen LogP) is 0.519. The molecule has 2 aromatic carbocycles. The van der Waals surface area contributed by atoms with E-state index < -0.39 is 21.2 Å². The average molecular weight is 499 g/mol. The van der Waals surface area contributed by atoms with Gasteiger partial charge in [0.2, 0.25) is 5.75 Å². The molecule has 0 spiro atoms. The maximum absolute atomic E-state index is 11.5. The van der Waals surface area contributed by atoms with Crippen molar-refractivity contribution in [1.82, 2.24) is 0 Å². The Hall–Kier alpha value is -0.894. The first-order chi connectivity index (χ1) is 11.3. The molecule has 0 saturated heterocycles. The van der Waals surface area contributed by atoms with Gasteiger partial charge in [-0.15, -0.1) is 0 Å². The summed E-state index contributed by atoms with van der Waals surface area (Å²) < 4.78 is 0.610. The molecular weight excluding hydrogens is 493 g/mol. The quantitative estimate of drug-likeness (QED) is 0.255. The van der Waals surface area contributed by atoms with Crippen LogP contribution in [-0.4, -0.2) is 16.1 Å². The zero-order valence-electron chi connectivity index (χ0n) is 12.5. The molecule has 0 radical (unpaired) electrons. The summed E-state index contributed by atoms with van der Waals surface area (Å²) in [6.07, 6.45) is 1.24. The Morgan fingerprint density at radius 1 is 1.04 bits per heavy atom. The molecule has 0 aliphatic heterocycles. The monoisotopic (exact) mass is 497 g/mol. The van der Waals surface area contributed by atoms with Crippen LogP contribution in [0.25, 0.3) is 0 Å². The minimum atomic E-state index is -0.808. The second kappa shape index (κ2) is 9.71. The maximum atomic E-state index is 11.5. The van der Waals surface area contributed by atoms with Crippen LogP contribution >= 0.6 is 31.9 Å². The second-order valence-electron chi connectivity index (χ2n) is 4.31. The molecule has 2 aromatic rings. The van der Waals surface area contributed by atoms with Crippen LogP contribution in [0.4, 0.5) is 11.4 Å². The molecular formula is C13H6Br2KN3O6. The Morgan fingerprint density at radius 3 is 2.16 bits per heavy atom. The number of hydrogen-bond donors (Lipinski definition) is 0. The zero-order valence-corrected chi connectivity index (χ0v) is 18.8. The number of benzene rings is 2. The van der Waals surface area contributed by atoms with Gasteiger partial charge in [0, 0.05) is 15.0 Å². The topological polar surface area (TPSA) is 131 Å². The number of halogens is 2. The van der Waals surface area contributed by atoms with Gasteiger partial charge in [-0.3, -0.25) is 20.2 Å². The minimum Gasteiger partial charge on any atom is -0.871 e. The first-order valence-electron chi connectivity index (χ1n) is 6.09. The molecule has 0 unspecified atom stereocenters. The first kappa shape index (κ1) is 22.1. The van der Waals surface area contributed by atoms with Crippen molar-refractivity contribution < 1.29 is 71.2 Å². The summed E-state index contributed by atoms with van der Waals surface area (Å²) in [6, 6.07) is 5.91. The normalized spacial score (nSPS) is 10.3. The summed E-state index contributed by atoms with van der Waals surface area (Å²) in [4.78, 5) is 25.0. The number of nitro benzene ring substituents is 2. The van der Waals surface area contributed by atoms with Crippen molar-refractivity contribution in [2.45, 2.75) is 0 Å². The van der Waals surface area contributed by atoms with E-state index in [-0.39, 0.29) is 62.9 Å². The van der Waals surface area contributed by atoms with Crippen LogP contribution in [0.15, 0.2) is 44.4 Å². The summed E-state index contributed by atoms with van der Waals surface area (Å²) in [5.41, 5.74) is -0.520. The van der Waals surface area contributed by atoms with Gasteiger partial charge in [0.15, 0.2) is 0 Å². The van der Waals surface area contributed by atoms with Crippen molar-refractivity contribution in [3.05, 3.63) is 65.1 Å². The Morgan fingerprint density at radius 2 is 1.64 bits per heavy atom. The maximum Gasteiger partial charge on any atom is 1.00 e. The molecule has 12 heteroatoms. The van der Waals surface area contributed by atoms with Crippen molar-refractivity contribution >= 4 is 49.4 Å². The molecule has 9 nitrogen and oxygen atoms in total. The van der Waals surface area contributed by atoms with Crippen LogP contribution in [0.3, 0.4) is 0 Å². The Balaban J connectivity index is 0.00000312. The van der Waals surface area contributed by atoms with E-state index in [2.05, 4.69) is 37.0 Å². The Kier molecular flexibility index (Phi) is 8.60. The largest absolute Gasteiger partial charge is 1.00 e. The molecule has 0 bridgehead atoms. The Bertz CT molecular complexity index is 839. The van der Waals surface area contributed by atoms with Gasteiger partial charge in [-0.25, -0.2) is 0 Å². The Labute approximate surface area is 200 Å². The smallest absolute Gasteiger partial charge is 0.871 e. The number of non-ortho nitro benzene ring substituents is 1. The van der Waals surface area contributed by atoms with Crippen LogP contribution in [-0.2, 0) is 0 Å². The molecule has 0 heterocycles. The first-order valence-corrected chi connectivity index (χ1v) is 7.67. The average Bonchev–Trinajstić information content (AvgIpc) is 2.52. The van der Waals surface area contributed by atoms with Crippen LogP contribution in [0.1, 0.15) is 5.56 Å². The third-order valence-corrected chi connectivity index (χ3v) is 3.90. The summed E-state index contributed by atoms with van der Waals surface area (Å²) in [7, 11) is 0. The van der Waals surface area contributed by atoms with Crippen molar-refractivity contribution in [2.24, 2.45) is 5.16 Å². The van der Waals surface area contributed by atoms with E-state index in [1.165, 1.54) is 18.3 Å². The van der Waals surface area contributed by atoms with E-state index in [0.29, 0.717) is 14.5 Å². The fourth-order valence-electron chi connectivity index (χ4n) is 1.64. The van der Waals surface area contributed by atoms with Crippen LogP contribution in [0.2, 0.25) is 0 Å². The second-order valence-corrected chi connectivity index (χ2v) is 6.01. The summed E-state index contributed by atoms with van der Waals surface area (Å²) in [6.45, 7) is 0. The third-order valence-electron chi connectivity index (χ3n) is 2.72. The van der Waals surface area contributed by atoms with Gasteiger partial charge < -0.3 is 9.94 Å². The van der Waals surface area contributed by atoms with Gasteiger partial charge in [0.05, 0.1) is 22.1 Å². The van der Waals surface area contributed by atoms with Crippen LogP contribution in [0, 0.1) is 20.2 Å². The summed E-state index contributed by atoms with van der Waals surface area (Å²) in [5.74, 6) is -0.487. The number of nitrogens with zero attached hydrogens (tertiary/aromatic N) is 3. The molecule has 124 valence electrons. The van der Waals surface area contributed by atoms with Crippen molar-refractivity contribution in [1.29, 1.82) is 0 Å². The number of hydrogen-bond acceptors (Lipinski definition) is 7. The van der Waals surface area contributed by atoms with Gasteiger partial charge in [-0.05, 0) is 23.8 Å². The molecule has 0 N–H and O–H groups in total. The zero-order chi connectivity index (χ0) is 17.9. The SMILES string of the molecule is O=[N+]([O-])c1ccc(ON=Cc2cc(Br)c([O-])c(Br)c2)c([N+](=O)[O-])c1.[K+]. The minimum absolute atomic E-state index is 0.